The van der Waals surface area contributed by atoms with Crippen molar-refractivity contribution in [3.8, 4) is 11.3 Å². The quantitative estimate of drug-likeness (QED) is 0.578. The van der Waals surface area contributed by atoms with Crippen LogP contribution in [0.25, 0.3) is 11.3 Å². The summed E-state index contributed by atoms with van der Waals surface area (Å²) >= 11 is 0. The predicted octanol–water partition coefficient (Wildman–Crippen LogP) is 3.89. The second-order valence-corrected chi connectivity index (χ2v) is 9.78. The minimum absolute atomic E-state index is 0.0243. The molecule has 34 heavy (non-hydrogen) atoms. The summed E-state index contributed by atoms with van der Waals surface area (Å²) in [6.45, 7) is 0.766. The van der Waals surface area contributed by atoms with Crippen LogP contribution in [0.5, 0.6) is 0 Å². The molecule has 1 aliphatic rings. The van der Waals surface area contributed by atoms with Crippen LogP contribution < -0.4 is 10.9 Å². The van der Waals surface area contributed by atoms with Gasteiger partial charge < -0.3 is 15.2 Å². The van der Waals surface area contributed by atoms with Crippen molar-refractivity contribution in [3.63, 3.8) is 0 Å². The summed E-state index contributed by atoms with van der Waals surface area (Å²) in [4.78, 5) is 29.8. The number of amidine groups is 1. The number of hydrogen-bond acceptors (Lipinski definition) is 4. The Morgan fingerprint density at radius 1 is 1.00 bits per heavy atom. The molecule has 1 aliphatic heterocycles. The fourth-order valence-corrected chi connectivity index (χ4v) is 4.95. The van der Waals surface area contributed by atoms with E-state index in [1.54, 1.807) is 12.1 Å². The standard InChI is InChI=1S/C25H26N4O4S/c1-29-16-7-3-6-13-23(29)28-34(32,33)20-12-8-11-19(17-20)26-24(30)21-14-15-22(27-25(21)31)18-9-4-2-5-10-18/h2,4-5,8-12,14-15,17H,3,6-7,13,16H2,1H3,(H,26,30)(H,27,31)/b28-23+. The van der Waals surface area contributed by atoms with Gasteiger partial charge >= 0.3 is 0 Å². The number of aromatic nitrogens is 1. The topological polar surface area (TPSA) is 112 Å². The molecule has 1 saturated heterocycles. The zero-order valence-electron chi connectivity index (χ0n) is 18.8. The number of H-pyrrole nitrogens is 1. The third-order valence-electron chi connectivity index (χ3n) is 5.69. The number of hydrogen-bond donors (Lipinski definition) is 2. The van der Waals surface area contributed by atoms with Crippen molar-refractivity contribution in [2.75, 3.05) is 18.9 Å². The summed E-state index contributed by atoms with van der Waals surface area (Å²) in [6, 6.07) is 18.3. The molecule has 3 aromatic rings. The first-order chi connectivity index (χ1) is 16.3. The molecule has 1 amide bonds. The molecule has 9 heteroatoms. The average Bonchev–Trinajstić information content (AvgIpc) is 3.03. The van der Waals surface area contributed by atoms with E-state index in [-0.39, 0.29) is 16.1 Å². The number of anilines is 1. The Labute approximate surface area is 198 Å². The van der Waals surface area contributed by atoms with E-state index in [0.717, 1.165) is 31.4 Å². The molecule has 0 atom stereocenters. The Morgan fingerprint density at radius 2 is 1.79 bits per heavy atom. The number of carbonyl (C=O) groups is 1. The van der Waals surface area contributed by atoms with Gasteiger partial charge in [-0.05, 0) is 48.7 Å². The lowest BCUT2D eigenvalue weighted by molar-refractivity contribution is 0.102. The zero-order chi connectivity index (χ0) is 24.1. The molecule has 1 aromatic heterocycles. The van der Waals surface area contributed by atoms with E-state index in [1.807, 2.05) is 42.3 Å². The number of sulfonamides is 1. The van der Waals surface area contributed by atoms with Crippen LogP contribution in [0, 0.1) is 0 Å². The SMILES string of the molecule is CN1CCCCC/C1=N\S(=O)(=O)c1cccc(NC(=O)c2ccc(-c3ccccc3)[nH]c2=O)c1. The summed E-state index contributed by atoms with van der Waals surface area (Å²) in [7, 11) is -2.11. The molecule has 176 valence electrons. The van der Waals surface area contributed by atoms with E-state index in [2.05, 4.69) is 14.7 Å². The molecule has 2 heterocycles. The van der Waals surface area contributed by atoms with Crippen LogP contribution >= 0.6 is 0 Å². The molecule has 0 aliphatic carbocycles. The molecule has 2 N–H and O–H groups in total. The Kier molecular flexibility index (Phi) is 6.93. The summed E-state index contributed by atoms with van der Waals surface area (Å²) in [5.41, 5.74) is 1.06. The van der Waals surface area contributed by atoms with Crippen molar-refractivity contribution in [3.05, 3.63) is 82.6 Å². The smallest absolute Gasteiger partial charge is 0.284 e. The summed E-state index contributed by atoms with van der Waals surface area (Å²) in [6.07, 6.45) is 3.54. The van der Waals surface area contributed by atoms with Crippen molar-refractivity contribution in [2.45, 2.75) is 30.6 Å². The van der Waals surface area contributed by atoms with Crippen LogP contribution in [0.15, 0.2) is 80.8 Å². The van der Waals surface area contributed by atoms with E-state index in [1.165, 1.54) is 24.3 Å². The van der Waals surface area contributed by atoms with Gasteiger partial charge in [0.2, 0.25) is 0 Å². The van der Waals surface area contributed by atoms with E-state index < -0.39 is 21.5 Å². The molecule has 8 nitrogen and oxygen atoms in total. The highest BCUT2D eigenvalue weighted by molar-refractivity contribution is 7.90. The van der Waals surface area contributed by atoms with Gasteiger partial charge in [0, 0.05) is 31.4 Å². The Morgan fingerprint density at radius 3 is 2.56 bits per heavy atom. The molecule has 0 bridgehead atoms. The van der Waals surface area contributed by atoms with Gasteiger partial charge in [-0.15, -0.1) is 4.40 Å². The van der Waals surface area contributed by atoms with Crippen LogP contribution in [0.2, 0.25) is 0 Å². The van der Waals surface area contributed by atoms with Crippen molar-refractivity contribution in [2.24, 2.45) is 4.40 Å². The first-order valence-corrected chi connectivity index (χ1v) is 12.5. The normalized spacial score (nSPS) is 15.7. The third-order valence-corrected chi connectivity index (χ3v) is 6.99. The first-order valence-electron chi connectivity index (χ1n) is 11.1. The van der Waals surface area contributed by atoms with Crippen molar-refractivity contribution in [1.82, 2.24) is 9.88 Å². The van der Waals surface area contributed by atoms with Gasteiger partial charge in [-0.25, -0.2) is 0 Å². The monoisotopic (exact) mass is 478 g/mol. The number of rotatable bonds is 5. The van der Waals surface area contributed by atoms with Gasteiger partial charge in [0.25, 0.3) is 21.5 Å². The van der Waals surface area contributed by atoms with Crippen LogP contribution in [-0.4, -0.2) is 43.6 Å². The van der Waals surface area contributed by atoms with Gasteiger partial charge in [-0.2, -0.15) is 8.42 Å². The molecule has 2 aromatic carbocycles. The van der Waals surface area contributed by atoms with E-state index in [0.29, 0.717) is 18.0 Å². The summed E-state index contributed by atoms with van der Waals surface area (Å²) in [5.74, 6) is -0.0952. The Balaban J connectivity index is 1.54. The number of amides is 1. The maximum Gasteiger partial charge on any atom is 0.284 e. The molecule has 0 saturated carbocycles. The van der Waals surface area contributed by atoms with Crippen LogP contribution in [0.1, 0.15) is 36.0 Å². The summed E-state index contributed by atoms with van der Waals surface area (Å²) in [5, 5.41) is 2.61. The number of likely N-dealkylation sites (tertiary alicyclic amines) is 1. The highest BCUT2D eigenvalue weighted by atomic mass is 32.2. The van der Waals surface area contributed by atoms with Crippen LogP contribution in [0.3, 0.4) is 0 Å². The molecule has 1 fully saturated rings. The van der Waals surface area contributed by atoms with Gasteiger partial charge in [-0.3, -0.25) is 9.59 Å². The largest absolute Gasteiger partial charge is 0.362 e. The number of benzene rings is 2. The highest BCUT2D eigenvalue weighted by Gasteiger charge is 2.19. The lowest BCUT2D eigenvalue weighted by atomic mass is 10.1. The average molecular weight is 479 g/mol. The molecule has 0 spiro atoms. The maximum absolute atomic E-state index is 12.9. The molecule has 0 radical (unpaired) electrons. The van der Waals surface area contributed by atoms with Crippen LogP contribution in [0.4, 0.5) is 5.69 Å². The van der Waals surface area contributed by atoms with E-state index in [9.17, 15) is 18.0 Å². The maximum atomic E-state index is 12.9. The lowest BCUT2D eigenvalue weighted by Crippen LogP contribution is -2.27. The first kappa shape index (κ1) is 23.4. The molecule has 4 rings (SSSR count). The lowest BCUT2D eigenvalue weighted by Gasteiger charge is -2.17. The molecular weight excluding hydrogens is 452 g/mol. The zero-order valence-corrected chi connectivity index (χ0v) is 19.6. The number of pyridine rings is 1. The van der Waals surface area contributed by atoms with Crippen LogP contribution in [-0.2, 0) is 10.0 Å². The van der Waals surface area contributed by atoms with Gasteiger partial charge in [0.05, 0.1) is 4.90 Å². The Hall–Kier alpha value is -3.72. The number of nitrogens with zero attached hydrogens (tertiary/aromatic N) is 2. The number of nitrogens with one attached hydrogen (secondary N) is 2. The van der Waals surface area contributed by atoms with E-state index in [4.69, 9.17) is 0 Å². The van der Waals surface area contributed by atoms with Gasteiger partial charge in [-0.1, -0.05) is 42.8 Å². The van der Waals surface area contributed by atoms with Crippen molar-refractivity contribution in [1.29, 1.82) is 0 Å². The fraction of sp³-hybridized carbons (Fsp3) is 0.240. The summed E-state index contributed by atoms with van der Waals surface area (Å²) < 4.78 is 29.9. The minimum atomic E-state index is -3.95. The second kappa shape index (κ2) is 10.0. The van der Waals surface area contributed by atoms with Gasteiger partial charge in [0.15, 0.2) is 0 Å². The number of aromatic amines is 1. The number of carbonyl (C=O) groups excluding carboxylic acids is 1. The molecular formula is C25H26N4O4S. The van der Waals surface area contributed by atoms with E-state index >= 15 is 0 Å². The van der Waals surface area contributed by atoms with Gasteiger partial charge in [0.1, 0.15) is 11.4 Å². The Bertz CT molecular complexity index is 1380. The molecule has 0 unspecified atom stereocenters. The third kappa shape index (κ3) is 5.43. The fourth-order valence-electron chi connectivity index (χ4n) is 3.81. The van der Waals surface area contributed by atoms with Crippen molar-refractivity contribution < 1.29 is 13.2 Å². The van der Waals surface area contributed by atoms with Crippen molar-refractivity contribution >= 4 is 27.5 Å². The second-order valence-electron chi connectivity index (χ2n) is 8.18. The minimum Gasteiger partial charge on any atom is -0.362 e. The highest BCUT2D eigenvalue weighted by Crippen LogP contribution is 2.21. The predicted molar refractivity (Wildman–Crippen MR) is 133 cm³/mol.